The Morgan fingerprint density at radius 3 is 2.40 bits per heavy atom. The van der Waals surface area contributed by atoms with Gasteiger partial charge in [0.05, 0.1) is 35.8 Å². The average molecular weight is 412 g/mol. The van der Waals surface area contributed by atoms with E-state index in [0.717, 1.165) is 44.3 Å². The summed E-state index contributed by atoms with van der Waals surface area (Å²) in [6.45, 7) is 6.63. The molecule has 0 bridgehead atoms. The molecule has 0 unspecified atom stereocenters. The van der Waals surface area contributed by atoms with Gasteiger partial charge in [-0.05, 0) is 39.5 Å². The topological polar surface area (TPSA) is 117 Å². The van der Waals surface area contributed by atoms with Crippen LogP contribution in [0.15, 0.2) is 18.6 Å². The maximum Gasteiger partial charge on any atom is 0.220 e. The summed E-state index contributed by atoms with van der Waals surface area (Å²) in [4.78, 5) is 10.5. The minimum atomic E-state index is 0.0359. The Balaban J connectivity index is 0.000000310. The normalized spacial score (nSPS) is 18.6. The maximum absolute atomic E-state index is 9.20. The number of hydrogen-bond donors (Lipinski definition) is 2. The predicted octanol–water partition coefficient (Wildman–Crippen LogP) is 3.15. The van der Waals surface area contributed by atoms with Gasteiger partial charge in [-0.3, -0.25) is 4.68 Å². The van der Waals surface area contributed by atoms with Crippen LogP contribution in [-0.2, 0) is 0 Å². The van der Waals surface area contributed by atoms with Crippen LogP contribution in [0.5, 0.6) is 0 Å². The second-order valence-electron chi connectivity index (χ2n) is 8.46. The molecule has 2 fully saturated rings. The van der Waals surface area contributed by atoms with Crippen LogP contribution in [0.3, 0.4) is 0 Å². The second kappa shape index (κ2) is 10.5. The van der Waals surface area contributed by atoms with Crippen molar-refractivity contribution in [1.29, 1.82) is 5.26 Å². The van der Waals surface area contributed by atoms with Crippen LogP contribution in [0.25, 0.3) is 11.3 Å². The summed E-state index contributed by atoms with van der Waals surface area (Å²) in [6.07, 6.45) is 13.2. The van der Waals surface area contributed by atoms with Crippen LogP contribution >= 0.6 is 0 Å². The van der Waals surface area contributed by atoms with E-state index in [2.05, 4.69) is 39.9 Å². The van der Waals surface area contributed by atoms with E-state index in [-0.39, 0.29) is 12.1 Å². The number of aliphatic hydroxyl groups excluding tert-OH is 1. The van der Waals surface area contributed by atoms with Crippen LogP contribution in [0.2, 0.25) is 0 Å². The van der Waals surface area contributed by atoms with E-state index in [1.54, 1.807) is 6.20 Å². The van der Waals surface area contributed by atoms with Crippen molar-refractivity contribution < 1.29 is 5.11 Å². The Bertz CT molecular complexity index is 843. The molecule has 1 saturated heterocycles. The Morgan fingerprint density at radius 2 is 1.83 bits per heavy atom. The molecule has 1 saturated carbocycles. The number of nitriles is 1. The molecule has 8 nitrogen and oxygen atoms in total. The van der Waals surface area contributed by atoms with Crippen molar-refractivity contribution in [2.24, 2.45) is 0 Å². The molecule has 0 aromatic carbocycles. The van der Waals surface area contributed by atoms with Gasteiger partial charge in [0.15, 0.2) is 0 Å². The Kier molecular flexibility index (Phi) is 7.77. The molecular weight excluding hydrogens is 378 g/mol. The number of nitrogens with zero attached hydrogens (tertiary/aromatic N) is 6. The Labute approximate surface area is 178 Å². The van der Waals surface area contributed by atoms with Crippen molar-refractivity contribution in [1.82, 2.24) is 24.6 Å². The summed E-state index contributed by atoms with van der Waals surface area (Å²) < 4.78 is 1.99. The van der Waals surface area contributed by atoms with Crippen molar-refractivity contribution in [2.45, 2.75) is 77.0 Å². The lowest BCUT2D eigenvalue weighted by atomic mass is 9.98. The fourth-order valence-electron chi connectivity index (χ4n) is 4.11. The summed E-state index contributed by atoms with van der Waals surface area (Å²) in [6, 6.07) is 3.09. The number of rotatable bonds is 3. The monoisotopic (exact) mass is 411 g/mol. The third-order valence-electron chi connectivity index (χ3n) is 5.98. The second-order valence-corrected chi connectivity index (χ2v) is 8.46. The summed E-state index contributed by atoms with van der Waals surface area (Å²) in [7, 11) is 0. The van der Waals surface area contributed by atoms with Crippen LogP contribution in [0.1, 0.15) is 70.4 Å². The molecule has 3 N–H and O–H groups in total. The highest BCUT2D eigenvalue weighted by Crippen LogP contribution is 2.26. The number of likely N-dealkylation sites (tertiary alicyclic amines) is 1. The van der Waals surface area contributed by atoms with Crippen molar-refractivity contribution in [3.8, 4) is 17.3 Å². The van der Waals surface area contributed by atoms with Crippen LogP contribution in [0.4, 0.5) is 5.95 Å². The van der Waals surface area contributed by atoms with Gasteiger partial charge in [0, 0.05) is 30.9 Å². The molecule has 30 heavy (non-hydrogen) atoms. The molecule has 0 spiro atoms. The van der Waals surface area contributed by atoms with E-state index in [9.17, 15) is 5.26 Å². The number of aromatic nitrogens is 4. The molecule has 0 radical (unpaired) electrons. The van der Waals surface area contributed by atoms with Crippen molar-refractivity contribution in [3.63, 3.8) is 0 Å². The van der Waals surface area contributed by atoms with Gasteiger partial charge in [0.2, 0.25) is 5.95 Å². The number of piperidine rings is 1. The highest BCUT2D eigenvalue weighted by Gasteiger charge is 2.23. The molecule has 2 aromatic rings. The fraction of sp³-hybridized carbons (Fsp3) is 0.636. The molecule has 8 heteroatoms. The average Bonchev–Trinajstić information content (AvgIpc) is 3.25. The first-order valence-electron chi connectivity index (χ1n) is 11.0. The van der Waals surface area contributed by atoms with Gasteiger partial charge in [-0.2, -0.15) is 10.4 Å². The molecule has 2 aromatic heterocycles. The lowest BCUT2D eigenvalue weighted by Crippen LogP contribution is -2.39. The molecule has 162 valence electrons. The van der Waals surface area contributed by atoms with Gasteiger partial charge < -0.3 is 15.7 Å². The van der Waals surface area contributed by atoms with Crippen molar-refractivity contribution in [3.05, 3.63) is 24.2 Å². The number of nitrogen functional groups attached to an aromatic ring is 1. The van der Waals surface area contributed by atoms with E-state index in [1.807, 2.05) is 10.9 Å². The van der Waals surface area contributed by atoms with Gasteiger partial charge >= 0.3 is 0 Å². The Hall–Kier alpha value is -2.50. The maximum atomic E-state index is 9.20. The highest BCUT2D eigenvalue weighted by atomic mass is 16.3. The van der Waals surface area contributed by atoms with E-state index >= 15 is 0 Å². The van der Waals surface area contributed by atoms with E-state index < -0.39 is 0 Å². The van der Waals surface area contributed by atoms with Gasteiger partial charge in [0.1, 0.15) is 6.07 Å². The molecular formula is C22H33N7O. The smallest absolute Gasteiger partial charge is 0.220 e. The van der Waals surface area contributed by atoms with Crippen LogP contribution in [-0.4, -0.2) is 55.0 Å². The SMILES string of the molecule is CC(C)N1CCC(n2cc(-c3nc(N)ncc3C#N)cn2)CC1.OC1CCCCC1. The van der Waals surface area contributed by atoms with Crippen LogP contribution < -0.4 is 5.73 Å². The Morgan fingerprint density at radius 1 is 1.13 bits per heavy atom. The fourth-order valence-corrected chi connectivity index (χ4v) is 4.11. The molecule has 1 aliphatic heterocycles. The number of hydrogen-bond acceptors (Lipinski definition) is 7. The number of nitrogens with two attached hydrogens (primary N) is 1. The first kappa shape index (κ1) is 22.2. The summed E-state index contributed by atoms with van der Waals surface area (Å²) in [5.74, 6) is 0.164. The summed E-state index contributed by atoms with van der Waals surface area (Å²) in [5.41, 5.74) is 7.41. The highest BCUT2D eigenvalue weighted by molar-refractivity contribution is 5.65. The van der Waals surface area contributed by atoms with E-state index in [0.29, 0.717) is 23.3 Å². The lowest BCUT2D eigenvalue weighted by molar-refractivity contribution is 0.130. The van der Waals surface area contributed by atoms with Gasteiger partial charge in [-0.1, -0.05) is 19.3 Å². The third kappa shape index (κ3) is 5.77. The summed E-state index contributed by atoms with van der Waals surface area (Å²) >= 11 is 0. The van der Waals surface area contributed by atoms with Gasteiger partial charge in [0.25, 0.3) is 0 Å². The molecule has 4 rings (SSSR count). The van der Waals surface area contributed by atoms with E-state index in [4.69, 9.17) is 10.8 Å². The molecule has 0 atom stereocenters. The summed E-state index contributed by atoms with van der Waals surface area (Å²) in [5, 5.41) is 22.6. The lowest BCUT2D eigenvalue weighted by Gasteiger charge is -2.34. The number of aliphatic hydroxyl groups is 1. The minimum absolute atomic E-state index is 0.0359. The largest absolute Gasteiger partial charge is 0.393 e. The molecule has 3 heterocycles. The first-order valence-corrected chi connectivity index (χ1v) is 11.0. The quantitative estimate of drug-likeness (QED) is 0.796. The standard InChI is InChI=1S/C16H21N7.C6H12O/c1-11(2)22-5-3-14(4-6-22)23-10-13(9-20-23)15-12(7-17)8-19-16(18)21-15;7-6-4-2-1-3-5-6/h8-11,14H,3-6H2,1-2H3,(H2,18,19,21);6-7H,1-5H2. The molecule has 0 amide bonds. The van der Waals surface area contributed by atoms with Gasteiger partial charge in [-0.15, -0.1) is 0 Å². The minimum Gasteiger partial charge on any atom is -0.393 e. The zero-order valence-corrected chi connectivity index (χ0v) is 18.0. The first-order chi connectivity index (χ1) is 14.5. The zero-order chi connectivity index (χ0) is 21.5. The van der Waals surface area contributed by atoms with E-state index in [1.165, 1.54) is 25.5 Å². The third-order valence-corrected chi connectivity index (χ3v) is 5.98. The molecule has 1 aliphatic carbocycles. The van der Waals surface area contributed by atoms with Gasteiger partial charge in [-0.25, -0.2) is 9.97 Å². The van der Waals surface area contributed by atoms with Crippen molar-refractivity contribution >= 4 is 5.95 Å². The number of anilines is 1. The zero-order valence-electron chi connectivity index (χ0n) is 18.0. The van der Waals surface area contributed by atoms with Crippen LogP contribution in [0, 0.1) is 11.3 Å². The predicted molar refractivity (Wildman–Crippen MR) is 116 cm³/mol. The van der Waals surface area contributed by atoms with Crippen molar-refractivity contribution in [2.75, 3.05) is 18.8 Å². The molecule has 2 aliphatic rings.